The van der Waals surface area contributed by atoms with Crippen LogP contribution in [0.3, 0.4) is 0 Å². The molecule has 2 rings (SSSR count). The molecule has 9 heteroatoms. The molecule has 1 aliphatic rings. The molecule has 21 heavy (non-hydrogen) atoms. The zero-order chi connectivity index (χ0) is 15.8. The van der Waals surface area contributed by atoms with E-state index in [1.54, 1.807) is 6.11 Å². The van der Waals surface area contributed by atoms with Crippen molar-refractivity contribution in [3.63, 3.8) is 0 Å². The molecular weight excluding hydrogens is 487 g/mol. The van der Waals surface area contributed by atoms with Gasteiger partial charge in [0.05, 0.1) is 0 Å². The van der Waals surface area contributed by atoms with Crippen LogP contribution < -0.4 is 8.72 Å². The summed E-state index contributed by atoms with van der Waals surface area (Å²) in [6, 6.07) is 0. The van der Waals surface area contributed by atoms with E-state index < -0.39 is 7.12 Å². The van der Waals surface area contributed by atoms with E-state index in [9.17, 15) is 4.79 Å². The van der Waals surface area contributed by atoms with Gasteiger partial charge in [-0.25, -0.2) is 0 Å². The summed E-state index contributed by atoms with van der Waals surface area (Å²) in [6.45, 7) is 9.44. The number of thiazole rings is 1. The Morgan fingerprint density at radius 1 is 1.38 bits per heavy atom. The molecule has 2 heterocycles. The van der Waals surface area contributed by atoms with Crippen molar-refractivity contribution in [2.45, 2.75) is 45.8 Å². The number of carbonyl (C=O) groups excluding carboxylic acids is 1. The first-order valence-electron chi connectivity index (χ1n) is 6.44. The Hall–Kier alpha value is -0.362. The molecule has 0 radical (unpaired) electrons. The molecule has 0 aliphatic carbocycles. The molecule has 0 bridgehead atoms. The van der Waals surface area contributed by atoms with Crippen LogP contribution in [0.1, 0.15) is 34.6 Å². The maximum absolute atomic E-state index is 11.0. The number of rotatable bonds is 3. The van der Waals surface area contributed by atoms with Gasteiger partial charge in [-0.3, -0.25) is 0 Å². The van der Waals surface area contributed by atoms with Crippen molar-refractivity contribution < 1.29 is 38.8 Å². The molecule has 1 amide bonds. The van der Waals surface area contributed by atoms with E-state index in [2.05, 4.69) is 15.3 Å². The molecular formula is C12H17AtBN3O3S. The number of carbonyl (C=O) groups is 1. The third kappa shape index (κ3) is 3.89. The van der Waals surface area contributed by atoms with Crippen molar-refractivity contribution in [2.24, 2.45) is 4.99 Å². The van der Waals surface area contributed by atoms with Crippen LogP contribution in [0.4, 0.5) is 10.1 Å². The van der Waals surface area contributed by atoms with Gasteiger partial charge in [-0.05, 0) is 0 Å². The fraction of sp³-hybridized carbons (Fsp3) is 0.583. The Morgan fingerprint density at radius 3 is 2.48 bits per heavy atom. The van der Waals surface area contributed by atoms with E-state index in [1.165, 1.54) is 43.0 Å². The van der Waals surface area contributed by atoms with Crippen LogP contribution in [0.5, 0.6) is 0 Å². The Morgan fingerprint density at radius 2 is 1.95 bits per heavy atom. The van der Waals surface area contributed by atoms with Gasteiger partial charge in [0.25, 0.3) is 0 Å². The number of aliphatic imine (C=N–C) groups is 1. The molecule has 1 aromatic heterocycles. The first kappa shape index (κ1) is 17.0. The number of hydrogen-bond acceptors (Lipinski definition) is 6. The summed E-state index contributed by atoms with van der Waals surface area (Å²) in [5, 5.41) is 3.97. The molecule has 0 unspecified atom stereocenters. The van der Waals surface area contributed by atoms with Gasteiger partial charge in [0, 0.05) is 0 Å². The molecule has 1 aromatic rings. The summed E-state index contributed by atoms with van der Waals surface area (Å²) < 4.78 is 12.5. The average Bonchev–Trinajstić information content (AvgIpc) is 2.73. The van der Waals surface area contributed by atoms with Gasteiger partial charge in [-0.15, -0.1) is 0 Å². The molecule has 1 N–H and O–H groups in total. The van der Waals surface area contributed by atoms with Crippen molar-refractivity contribution >= 4 is 44.0 Å². The Kier molecular flexibility index (Phi) is 4.88. The molecule has 114 valence electrons. The van der Waals surface area contributed by atoms with Gasteiger partial charge < -0.3 is 0 Å². The van der Waals surface area contributed by atoms with E-state index in [0.29, 0.717) is 5.13 Å². The van der Waals surface area contributed by atoms with Crippen LogP contribution >= 0.6 is 11.3 Å². The van der Waals surface area contributed by atoms with Crippen molar-refractivity contribution in [1.82, 2.24) is 4.98 Å². The van der Waals surface area contributed by atoms with Crippen LogP contribution in [0.2, 0.25) is 0 Å². The predicted molar refractivity (Wildman–Crippen MR) is 80.3 cm³/mol. The second-order valence-electron chi connectivity index (χ2n) is 5.70. The van der Waals surface area contributed by atoms with Crippen LogP contribution in [-0.4, -0.2) is 35.3 Å². The number of nitrogens with one attached hydrogen (secondary N) is 1. The van der Waals surface area contributed by atoms with Gasteiger partial charge in [0.2, 0.25) is 0 Å². The molecule has 0 atom stereocenters. The molecule has 0 saturated carbocycles. The van der Waals surface area contributed by atoms with Crippen LogP contribution in [-0.2, 0) is 14.1 Å². The molecule has 6 nitrogen and oxygen atoms in total. The van der Waals surface area contributed by atoms with E-state index in [0.717, 1.165) is 8.40 Å². The minimum absolute atomic E-state index is 0.142. The summed E-state index contributed by atoms with van der Waals surface area (Å²) in [4.78, 5) is 19.7. The van der Waals surface area contributed by atoms with Gasteiger partial charge >= 0.3 is 144 Å². The summed E-state index contributed by atoms with van der Waals surface area (Å²) >= 11 is 2.74. The Balaban J connectivity index is 2.09. The van der Waals surface area contributed by atoms with Crippen LogP contribution in [0.25, 0.3) is 0 Å². The third-order valence-electron chi connectivity index (χ3n) is 3.44. The van der Waals surface area contributed by atoms with Crippen molar-refractivity contribution in [3.8, 4) is 0 Å². The number of anilines is 1. The van der Waals surface area contributed by atoms with Crippen molar-refractivity contribution in [2.75, 3.05) is 5.32 Å². The Bertz CT molecular complexity index is 572. The standard InChI is InChI=1S/C12H17AtBN3O3S/c1-7(18)16-10-17-8(13)9(21-10)15-6-14-19-11(2,3)12(4,5)20-14/h6H,1-5H3,(H,16,17,18)/b15-6+. The molecule has 1 saturated heterocycles. The average molecular weight is 504 g/mol. The number of nitrogens with zero attached hydrogens (tertiary/aromatic N) is 2. The second-order valence-corrected chi connectivity index (χ2v) is 8.07. The SMILES string of the molecule is CC(=O)Nc1nc([At])c(/N=C/B2OC(C)(C)C(C)(C)O2)s1. The fourth-order valence-corrected chi connectivity index (χ4v) is 3.61. The van der Waals surface area contributed by atoms with Crippen molar-refractivity contribution in [3.05, 3.63) is 0 Å². The number of amides is 1. The molecule has 1 aliphatic heterocycles. The molecule has 1 fully saturated rings. The topological polar surface area (TPSA) is 72.8 Å². The van der Waals surface area contributed by atoms with E-state index in [1.807, 2.05) is 27.7 Å². The third-order valence-corrected chi connectivity index (χ3v) is 5.85. The second kappa shape index (κ2) is 6.03. The Labute approximate surface area is 143 Å². The van der Waals surface area contributed by atoms with E-state index >= 15 is 0 Å². The monoisotopic (exact) mass is 504 g/mol. The number of aromatic nitrogens is 1. The van der Waals surface area contributed by atoms with Crippen LogP contribution in [0, 0.1) is 24.7 Å². The zero-order valence-electron chi connectivity index (χ0n) is 12.6. The van der Waals surface area contributed by atoms with Crippen LogP contribution in [0.15, 0.2) is 4.99 Å². The summed E-state index contributed by atoms with van der Waals surface area (Å²) in [5.74, 6) is -0.142. The summed E-state index contributed by atoms with van der Waals surface area (Å²) in [6.07, 6.45) is 1.64. The summed E-state index contributed by atoms with van der Waals surface area (Å²) in [5.41, 5.74) is -0.755. The molecule has 0 spiro atoms. The van der Waals surface area contributed by atoms with Gasteiger partial charge in [-0.1, -0.05) is 0 Å². The van der Waals surface area contributed by atoms with Gasteiger partial charge in [0.1, 0.15) is 0 Å². The maximum atomic E-state index is 11.0. The fourth-order valence-electron chi connectivity index (χ4n) is 1.66. The molecule has 0 aromatic carbocycles. The normalized spacial score (nSPS) is 20.2. The first-order chi connectivity index (χ1) is 9.60. The van der Waals surface area contributed by atoms with Gasteiger partial charge in [0.15, 0.2) is 0 Å². The van der Waals surface area contributed by atoms with E-state index in [-0.39, 0.29) is 17.1 Å². The number of hydrogen-bond donors (Lipinski definition) is 1. The van der Waals surface area contributed by atoms with Gasteiger partial charge in [-0.2, -0.15) is 0 Å². The first-order valence-corrected chi connectivity index (χ1v) is 8.73. The zero-order valence-corrected chi connectivity index (χ0v) is 16.3. The van der Waals surface area contributed by atoms with E-state index in [4.69, 9.17) is 9.31 Å². The minimum atomic E-state index is -0.479. The predicted octanol–water partition coefficient (Wildman–Crippen LogP) is 1.61. The quantitative estimate of drug-likeness (QED) is 0.502. The summed E-state index contributed by atoms with van der Waals surface area (Å²) in [7, 11) is -0.479. The van der Waals surface area contributed by atoms with Crippen molar-refractivity contribution in [1.29, 1.82) is 0 Å².